The fourth-order valence-electron chi connectivity index (χ4n) is 3.23. The maximum absolute atomic E-state index is 5.54. The first-order chi connectivity index (χ1) is 10.9. The summed E-state index contributed by atoms with van der Waals surface area (Å²) in [6.07, 6.45) is 3.87. The molecule has 0 bridgehead atoms. The molecule has 1 aliphatic rings. The molecule has 2 heterocycles. The summed E-state index contributed by atoms with van der Waals surface area (Å²) in [6.45, 7) is 1.47. The summed E-state index contributed by atoms with van der Waals surface area (Å²) in [5.74, 6) is 0.916. The Balaban J connectivity index is 1.90. The molecule has 0 saturated heterocycles. The van der Waals surface area contributed by atoms with Crippen LogP contribution in [-0.2, 0) is 24.1 Å². The number of hydrogen-bond donors (Lipinski definition) is 0. The Labute approximate surface area is 129 Å². The highest BCUT2D eigenvalue weighted by molar-refractivity contribution is 5.73. The molecule has 0 N–H and O–H groups in total. The van der Waals surface area contributed by atoms with Crippen LogP contribution in [0.1, 0.15) is 11.1 Å². The van der Waals surface area contributed by atoms with Gasteiger partial charge in [-0.1, -0.05) is 35.5 Å². The molecule has 4 heteroatoms. The van der Waals surface area contributed by atoms with Gasteiger partial charge in [-0.15, -0.1) is 0 Å². The summed E-state index contributed by atoms with van der Waals surface area (Å²) < 4.78 is 13.1. The summed E-state index contributed by atoms with van der Waals surface area (Å²) in [6, 6.07) is 12.8. The molecule has 1 aliphatic carbocycles. The van der Waals surface area contributed by atoms with E-state index in [-0.39, 0.29) is 0 Å². The van der Waals surface area contributed by atoms with Crippen LogP contribution in [0.4, 0.5) is 0 Å². The molecule has 2 aromatic heterocycles. The third kappa shape index (κ3) is 2.07. The fourth-order valence-corrected chi connectivity index (χ4v) is 3.23. The Morgan fingerprint density at radius 3 is 2.82 bits per heavy atom. The van der Waals surface area contributed by atoms with Gasteiger partial charge in [0.2, 0.25) is 0 Å². The highest BCUT2D eigenvalue weighted by Crippen LogP contribution is 2.38. The van der Waals surface area contributed by atoms with Gasteiger partial charge in [-0.25, -0.2) is 0 Å². The summed E-state index contributed by atoms with van der Waals surface area (Å²) in [7, 11) is 1.73. The maximum Gasteiger partial charge on any atom is 0.186 e. The van der Waals surface area contributed by atoms with Crippen LogP contribution in [0.2, 0.25) is 0 Å². The Hall–Kier alpha value is -2.33. The minimum Gasteiger partial charge on any atom is -0.383 e. The van der Waals surface area contributed by atoms with Crippen LogP contribution in [0, 0.1) is 0 Å². The van der Waals surface area contributed by atoms with Gasteiger partial charge in [0.1, 0.15) is 0 Å². The Morgan fingerprint density at radius 2 is 2.00 bits per heavy atom. The van der Waals surface area contributed by atoms with Gasteiger partial charge in [0.15, 0.2) is 5.76 Å². The second kappa shape index (κ2) is 5.46. The zero-order valence-electron chi connectivity index (χ0n) is 12.6. The van der Waals surface area contributed by atoms with E-state index in [1.54, 1.807) is 7.11 Å². The van der Waals surface area contributed by atoms with Gasteiger partial charge >= 0.3 is 0 Å². The van der Waals surface area contributed by atoms with Crippen LogP contribution in [0.5, 0.6) is 0 Å². The number of aromatic nitrogens is 2. The summed E-state index contributed by atoms with van der Waals surface area (Å²) in [4.78, 5) is 0. The molecule has 0 atom stereocenters. The van der Waals surface area contributed by atoms with Crippen molar-refractivity contribution in [2.24, 2.45) is 0 Å². The lowest BCUT2D eigenvalue weighted by Crippen LogP contribution is -2.10. The molecule has 0 saturated carbocycles. The molecular weight excluding hydrogens is 276 g/mol. The van der Waals surface area contributed by atoms with Crippen LogP contribution in [0.3, 0.4) is 0 Å². The van der Waals surface area contributed by atoms with E-state index in [9.17, 15) is 0 Å². The van der Waals surface area contributed by atoms with Crippen molar-refractivity contribution in [3.63, 3.8) is 0 Å². The fraction of sp³-hybridized carbons (Fsp3) is 0.278. The number of fused-ring (bicyclic) bond motifs is 3. The molecular formula is C18H18N2O2. The standard InChI is InChI=1S/C18H18N2O2/c1-21-10-9-20-16(13-5-3-2-4-6-13)11-14-7-8-15-12-19-22-18(15)17(14)20/h2-6,11-12H,7-10H2,1H3. The first kappa shape index (κ1) is 13.3. The molecule has 22 heavy (non-hydrogen) atoms. The van der Waals surface area contributed by atoms with E-state index < -0.39 is 0 Å². The molecule has 0 aliphatic heterocycles. The van der Waals surface area contributed by atoms with E-state index in [0.717, 1.165) is 30.8 Å². The Kier molecular flexibility index (Phi) is 3.31. The van der Waals surface area contributed by atoms with E-state index >= 15 is 0 Å². The average Bonchev–Trinajstić information content (AvgIpc) is 3.17. The van der Waals surface area contributed by atoms with Crippen LogP contribution in [0.15, 0.2) is 47.1 Å². The minimum atomic E-state index is 0.671. The third-order valence-corrected chi connectivity index (χ3v) is 4.29. The van der Waals surface area contributed by atoms with Crippen molar-refractivity contribution in [1.29, 1.82) is 0 Å². The molecule has 0 radical (unpaired) electrons. The lowest BCUT2D eigenvalue weighted by atomic mass is 9.96. The number of aryl methyl sites for hydroxylation is 2. The minimum absolute atomic E-state index is 0.671. The van der Waals surface area contributed by atoms with E-state index in [2.05, 4.69) is 40.1 Å². The van der Waals surface area contributed by atoms with Crippen molar-refractivity contribution in [3.8, 4) is 22.7 Å². The Morgan fingerprint density at radius 1 is 1.18 bits per heavy atom. The van der Waals surface area contributed by atoms with Gasteiger partial charge in [-0.05, 0) is 30.0 Å². The van der Waals surface area contributed by atoms with Crippen LogP contribution < -0.4 is 0 Å². The molecule has 0 fully saturated rings. The quantitative estimate of drug-likeness (QED) is 0.738. The van der Waals surface area contributed by atoms with Gasteiger partial charge < -0.3 is 13.8 Å². The SMILES string of the molecule is COCCn1c(-c2ccccc2)cc2c1-c1oncc1CC2. The molecule has 0 amide bonds. The summed E-state index contributed by atoms with van der Waals surface area (Å²) in [5, 5.41) is 3.99. The predicted molar refractivity (Wildman–Crippen MR) is 84.6 cm³/mol. The molecule has 4 nitrogen and oxygen atoms in total. The highest BCUT2D eigenvalue weighted by Gasteiger charge is 2.26. The van der Waals surface area contributed by atoms with Crippen molar-refractivity contribution < 1.29 is 9.26 Å². The second-order valence-corrected chi connectivity index (χ2v) is 5.59. The smallest absolute Gasteiger partial charge is 0.186 e. The molecule has 0 spiro atoms. The molecule has 0 unspecified atom stereocenters. The lowest BCUT2D eigenvalue weighted by Gasteiger charge is -2.15. The van der Waals surface area contributed by atoms with E-state index in [1.807, 2.05) is 12.3 Å². The van der Waals surface area contributed by atoms with Gasteiger partial charge in [0.25, 0.3) is 0 Å². The third-order valence-electron chi connectivity index (χ3n) is 4.29. The Bertz CT molecular complexity index is 787. The number of benzene rings is 1. The summed E-state index contributed by atoms with van der Waals surface area (Å²) >= 11 is 0. The zero-order valence-corrected chi connectivity index (χ0v) is 12.6. The largest absolute Gasteiger partial charge is 0.383 e. The molecule has 112 valence electrons. The topological polar surface area (TPSA) is 40.2 Å². The van der Waals surface area contributed by atoms with Crippen LogP contribution in [0.25, 0.3) is 22.7 Å². The normalized spacial score (nSPS) is 13.0. The lowest BCUT2D eigenvalue weighted by molar-refractivity contribution is 0.188. The van der Waals surface area contributed by atoms with Crippen molar-refractivity contribution in [2.75, 3.05) is 13.7 Å². The summed E-state index contributed by atoms with van der Waals surface area (Å²) in [5.41, 5.74) is 6.12. The first-order valence-electron chi connectivity index (χ1n) is 7.59. The number of hydrogen-bond acceptors (Lipinski definition) is 3. The van der Waals surface area contributed by atoms with E-state index in [0.29, 0.717) is 6.61 Å². The van der Waals surface area contributed by atoms with Gasteiger partial charge in [-0.3, -0.25) is 0 Å². The van der Waals surface area contributed by atoms with E-state index in [4.69, 9.17) is 9.26 Å². The molecule has 4 rings (SSSR count). The van der Waals surface area contributed by atoms with Crippen molar-refractivity contribution in [3.05, 3.63) is 53.7 Å². The maximum atomic E-state index is 5.54. The van der Waals surface area contributed by atoms with Gasteiger partial charge in [0, 0.05) is 24.9 Å². The second-order valence-electron chi connectivity index (χ2n) is 5.59. The van der Waals surface area contributed by atoms with Gasteiger partial charge in [0.05, 0.1) is 18.5 Å². The van der Waals surface area contributed by atoms with Crippen molar-refractivity contribution >= 4 is 0 Å². The number of ether oxygens (including phenoxy) is 1. The average molecular weight is 294 g/mol. The van der Waals surface area contributed by atoms with Crippen LogP contribution >= 0.6 is 0 Å². The van der Waals surface area contributed by atoms with Crippen LogP contribution in [-0.4, -0.2) is 23.4 Å². The number of nitrogens with zero attached hydrogens (tertiary/aromatic N) is 2. The zero-order chi connectivity index (χ0) is 14.9. The molecule has 1 aromatic carbocycles. The first-order valence-corrected chi connectivity index (χ1v) is 7.59. The van der Waals surface area contributed by atoms with Crippen molar-refractivity contribution in [2.45, 2.75) is 19.4 Å². The number of methoxy groups -OCH3 is 1. The predicted octanol–water partition coefficient (Wildman–Crippen LogP) is 3.56. The highest BCUT2D eigenvalue weighted by atomic mass is 16.5. The van der Waals surface area contributed by atoms with Crippen molar-refractivity contribution in [1.82, 2.24) is 9.72 Å². The number of rotatable bonds is 4. The molecule has 3 aromatic rings. The van der Waals surface area contributed by atoms with E-state index in [1.165, 1.54) is 22.4 Å². The monoisotopic (exact) mass is 294 g/mol. The van der Waals surface area contributed by atoms with Gasteiger partial charge in [-0.2, -0.15) is 0 Å².